The molecule has 0 aromatic heterocycles. The van der Waals surface area contributed by atoms with Crippen molar-refractivity contribution in [2.45, 2.75) is 32.1 Å². The second-order valence-corrected chi connectivity index (χ2v) is 4.95. The van der Waals surface area contributed by atoms with Gasteiger partial charge in [0.1, 0.15) is 0 Å². The number of rotatable bonds is 2. The molecule has 0 saturated carbocycles. The van der Waals surface area contributed by atoms with Crippen LogP contribution < -0.4 is 5.73 Å². The molecule has 2 rings (SSSR count). The zero-order valence-corrected chi connectivity index (χ0v) is 9.91. The molecule has 4 heteroatoms. The van der Waals surface area contributed by atoms with E-state index >= 15 is 0 Å². The highest BCUT2D eigenvalue weighted by molar-refractivity contribution is 5.83. The van der Waals surface area contributed by atoms with E-state index in [9.17, 15) is 4.79 Å². The van der Waals surface area contributed by atoms with Crippen LogP contribution in [0.25, 0.3) is 0 Å². The normalized spacial score (nSPS) is 25.4. The average Bonchev–Trinajstić information content (AvgIpc) is 2.39. The van der Waals surface area contributed by atoms with E-state index in [0.29, 0.717) is 19.8 Å². The first kappa shape index (κ1) is 11.9. The lowest BCUT2D eigenvalue weighted by atomic mass is 9.78. The number of piperidine rings is 1. The summed E-state index contributed by atoms with van der Waals surface area (Å²) in [4.78, 5) is 14.5. The predicted molar refractivity (Wildman–Crippen MR) is 62.0 cm³/mol. The van der Waals surface area contributed by atoms with Crippen molar-refractivity contribution in [3.05, 3.63) is 0 Å². The van der Waals surface area contributed by atoms with Crippen molar-refractivity contribution in [1.29, 1.82) is 0 Å². The Morgan fingerprint density at radius 3 is 2.38 bits per heavy atom. The standard InChI is InChI=1S/C12H22N2O2/c13-10-12(4-8-16-9-5-12)11(15)14-6-2-1-3-7-14/h1-10,13H2. The predicted octanol–water partition coefficient (Wildman–Crippen LogP) is 0.754. The van der Waals surface area contributed by atoms with Crippen LogP contribution in [0.2, 0.25) is 0 Å². The lowest BCUT2D eigenvalue weighted by Crippen LogP contribution is -2.52. The van der Waals surface area contributed by atoms with Crippen LogP contribution in [0.15, 0.2) is 0 Å². The molecule has 0 radical (unpaired) electrons. The molecule has 0 aromatic rings. The fourth-order valence-corrected chi connectivity index (χ4v) is 2.70. The number of nitrogens with two attached hydrogens (primary N) is 1. The summed E-state index contributed by atoms with van der Waals surface area (Å²) >= 11 is 0. The van der Waals surface area contributed by atoms with Crippen LogP contribution in [0.5, 0.6) is 0 Å². The molecule has 0 spiro atoms. The Bertz CT molecular complexity index is 243. The van der Waals surface area contributed by atoms with Gasteiger partial charge in [0.25, 0.3) is 0 Å². The number of nitrogens with zero attached hydrogens (tertiary/aromatic N) is 1. The molecule has 2 aliphatic rings. The van der Waals surface area contributed by atoms with E-state index < -0.39 is 0 Å². The zero-order valence-electron chi connectivity index (χ0n) is 9.91. The van der Waals surface area contributed by atoms with Crippen LogP contribution in [0.3, 0.4) is 0 Å². The van der Waals surface area contributed by atoms with Gasteiger partial charge in [-0.05, 0) is 32.1 Å². The highest BCUT2D eigenvalue weighted by Gasteiger charge is 2.41. The number of ether oxygens (including phenoxy) is 1. The van der Waals surface area contributed by atoms with Crippen molar-refractivity contribution in [2.24, 2.45) is 11.1 Å². The van der Waals surface area contributed by atoms with Crippen LogP contribution in [-0.2, 0) is 9.53 Å². The smallest absolute Gasteiger partial charge is 0.230 e. The maximum Gasteiger partial charge on any atom is 0.230 e. The van der Waals surface area contributed by atoms with Gasteiger partial charge in [0, 0.05) is 32.8 Å². The first-order valence-corrected chi connectivity index (χ1v) is 6.36. The molecular weight excluding hydrogens is 204 g/mol. The highest BCUT2D eigenvalue weighted by atomic mass is 16.5. The molecule has 2 heterocycles. The maximum atomic E-state index is 12.5. The molecule has 2 saturated heterocycles. The minimum absolute atomic E-state index is 0.276. The van der Waals surface area contributed by atoms with Gasteiger partial charge in [-0.25, -0.2) is 0 Å². The molecule has 2 N–H and O–H groups in total. The molecule has 2 aliphatic heterocycles. The first-order valence-electron chi connectivity index (χ1n) is 6.36. The second-order valence-electron chi connectivity index (χ2n) is 4.95. The Labute approximate surface area is 97.1 Å². The summed E-state index contributed by atoms with van der Waals surface area (Å²) in [5.41, 5.74) is 5.52. The van der Waals surface area contributed by atoms with E-state index in [1.165, 1.54) is 6.42 Å². The van der Waals surface area contributed by atoms with Gasteiger partial charge in [-0.1, -0.05) is 0 Å². The third kappa shape index (κ3) is 2.23. The van der Waals surface area contributed by atoms with Crippen molar-refractivity contribution in [1.82, 2.24) is 4.90 Å². The lowest BCUT2D eigenvalue weighted by Gasteiger charge is -2.40. The van der Waals surface area contributed by atoms with Crippen molar-refractivity contribution in [3.8, 4) is 0 Å². The number of likely N-dealkylation sites (tertiary alicyclic amines) is 1. The highest BCUT2D eigenvalue weighted by Crippen LogP contribution is 2.32. The topological polar surface area (TPSA) is 55.6 Å². The molecule has 4 nitrogen and oxygen atoms in total. The van der Waals surface area contributed by atoms with Crippen LogP contribution in [0.1, 0.15) is 32.1 Å². The van der Waals surface area contributed by atoms with Gasteiger partial charge in [-0.2, -0.15) is 0 Å². The quantitative estimate of drug-likeness (QED) is 0.756. The molecule has 92 valence electrons. The summed E-state index contributed by atoms with van der Waals surface area (Å²) in [6, 6.07) is 0. The molecule has 16 heavy (non-hydrogen) atoms. The van der Waals surface area contributed by atoms with E-state index in [0.717, 1.165) is 38.8 Å². The summed E-state index contributed by atoms with van der Waals surface area (Å²) in [7, 11) is 0. The van der Waals surface area contributed by atoms with Crippen molar-refractivity contribution in [3.63, 3.8) is 0 Å². The van der Waals surface area contributed by atoms with Crippen molar-refractivity contribution in [2.75, 3.05) is 32.8 Å². The van der Waals surface area contributed by atoms with Gasteiger partial charge in [-0.15, -0.1) is 0 Å². The van der Waals surface area contributed by atoms with Crippen LogP contribution in [-0.4, -0.2) is 43.7 Å². The van der Waals surface area contributed by atoms with E-state index in [4.69, 9.17) is 10.5 Å². The average molecular weight is 226 g/mol. The van der Waals surface area contributed by atoms with E-state index in [2.05, 4.69) is 0 Å². The van der Waals surface area contributed by atoms with E-state index in [1.807, 2.05) is 4.90 Å². The summed E-state index contributed by atoms with van der Waals surface area (Å²) in [5, 5.41) is 0. The Balaban J connectivity index is 2.04. The molecule has 0 atom stereocenters. The molecular formula is C12H22N2O2. The third-order valence-electron chi connectivity index (χ3n) is 3.94. The Kier molecular flexibility index (Phi) is 3.82. The zero-order chi connectivity index (χ0) is 11.4. The first-order chi connectivity index (χ1) is 7.78. The van der Waals surface area contributed by atoms with Crippen LogP contribution in [0, 0.1) is 5.41 Å². The summed E-state index contributed by atoms with van der Waals surface area (Å²) < 4.78 is 5.34. The van der Waals surface area contributed by atoms with E-state index in [-0.39, 0.29) is 11.3 Å². The van der Waals surface area contributed by atoms with Crippen molar-refractivity contribution < 1.29 is 9.53 Å². The van der Waals surface area contributed by atoms with Gasteiger partial charge in [0.05, 0.1) is 5.41 Å². The van der Waals surface area contributed by atoms with Gasteiger partial charge >= 0.3 is 0 Å². The summed E-state index contributed by atoms with van der Waals surface area (Å²) in [6.07, 6.45) is 5.12. The Morgan fingerprint density at radius 1 is 1.19 bits per heavy atom. The van der Waals surface area contributed by atoms with Gasteiger partial charge in [-0.3, -0.25) is 4.79 Å². The Hall–Kier alpha value is -0.610. The maximum absolute atomic E-state index is 12.5. The van der Waals surface area contributed by atoms with Gasteiger partial charge in [0.15, 0.2) is 0 Å². The van der Waals surface area contributed by atoms with Crippen LogP contribution in [0.4, 0.5) is 0 Å². The minimum Gasteiger partial charge on any atom is -0.381 e. The number of hydrogen-bond acceptors (Lipinski definition) is 3. The number of carbonyl (C=O) groups excluding carboxylic acids is 1. The fraction of sp³-hybridized carbons (Fsp3) is 0.917. The third-order valence-corrected chi connectivity index (χ3v) is 3.94. The monoisotopic (exact) mass is 226 g/mol. The number of amides is 1. The lowest BCUT2D eigenvalue weighted by molar-refractivity contribution is -0.148. The Morgan fingerprint density at radius 2 is 1.81 bits per heavy atom. The molecule has 1 amide bonds. The molecule has 0 unspecified atom stereocenters. The fourth-order valence-electron chi connectivity index (χ4n) is 2.70. The van der Waals surface area contributed by atoms with Crippen LogP contribution >= 0.6 is 0 Å². The second kappa shape index (κ2) is 5.15. The SMILES string of the molecule is NCC1(C(=O)N2CCCCC2)CCOCC1. The van der Waals surface area contributed by atoms with E-state index in [1.54, 1.807) is 0 Å². The number of hydrogen-bond donors (Lipinski definition) is 1. The van der Waals surface area contributed by atoms with Crippen molar-refractivity contribution >= 4 is 5.91 Å². The largest absolute Gasteiger partial charge is 0.381 e. The molecule has 0 aromatic carbocycles. The molecule has 0 bridgehead atoms. The number of carbonyl (C=O) groups is 1. The molecule has 2 fully saturated rings. The van der Waals surface area contributed by atoms with Gasteiger partial charge in [0.2, 0.25) is 5.91 Å². The minimum atomic E-state index is -0.324. The van der Waals surface area contributed by atoms with Gasteiger partial charge < -0.3 is 15.4 Å². The summed E-state index contributed by atoms with van der Waals surface area (Å²) in [6.45, 7) is 3.65. The summed E-state index contributed by atoms with van der Waals surface area (Å²) in [5.74, 6) is 0.276. The molecule has 0 aliphatic carbocycles.